The molecule has 112 valence electrons. The van der Waals surface area contributed by atoms with Crippen molar-refractivity contribution >= 4 is 28.6 Å². The fourth-order valence-electron chi connectivity index (χ4n) is 1.96. The molecular weight excluding hydrogens is 319 g/mol. The third-order valence-corrected chi connectivity index (χ3v) is 4.84. The lowest BCUT2D eigenvalue weighted by atomic mass is 10.2. The summed E-state index contributed by atoms with van der Waals surface area (Å²) in [6.45, 7) is 0.549. The van der Waals surface area contributed by atoms with E-state index in [-0.39, 0.29) is 11.7 Å². The lowest BCUT2D eigenvalue weighted by Crippen LogP contribution is -2.24. The molecule has 0 aliphatic rings. The van der Waals surface area contributed by atoms with Gasteiger partial charge in [-0.1, -0.05) is 6.07 Å². The van der Waals surface area contributed by atoms with Gasteiger partial charge >= 0.3 is 0 Å². The van der Waals surface area contributed by atoms with Crippen molar-refractivity contribution in [2.45, 2.75) is 6.42 Å². The highest BCUT2D eigenvalue weighted by atomic mass is 32.1. The van der Waals surface area contributed by atoms with Crippen molar-refractivity contribution < 1.29 is 9.18 Å². The molecule has 2 heterocycles. The van der Waals surface area contributed by atoms with E-state index in [0.717, 1.165) is 16.3 Å². The molecule has 0 aliphatic carbocycles. The van der Waals surface area contributed by atoms with Gasteiger partial charge in [0, 0.05) is 23.9 Å². The number of amides is 1. The van der Waals surface area contributed by atoms with Gasteiger partial charge in [0.25, 0.3) is 5.91 Å². The van der Waals surface area contributed by atoms with Crippen LogP contribution in [0.3, 0.4) is 0 Å². The molecule has 3 rings (SSSR count). The molecule has 22 heavy (non-hydrogen) atoms. The van der Waals surface area contributed by atoms with E-state index in [2.05, 4.69) is 10.3 Å². The Kier molecular flexibility index (Phi) is 4.60. The Morgan fingerprint density at radius 2 is 2.00 bits per heavy atom. The minimum atomic E-state index is -0.254. The Morgan fingerprint density at radius 3 is 2.73 bits per heavy atom. The first-order chi connectivity index (χ1) is 10.7. The van der Waals surface area contributed by atoms with Gasteiger partial charge in [-0.3, -0.25) is 4.79 Å². The van der Waals surface area contributed by atoms with E-state index in [0.29, 0.717) is 17.8 Å². The van der Waals surface area contributed by atoms with Crippen LogP contribution in [0.4, 0.5) is 4.39 Å². The predicted molar refractivity (Wildman–Crippen MR) is 87.9 cm³/mol. The Hall–Kier alpha value is -2.05. The number of hydrogen-bond acceptors (Lipinski definition) is 4. The number of halogens is 1. The third kappa shape index (κ3) is 3.58. The molecule has 1 aromatic carbocycles. The summed E-state index contributed by atoms with van der Waals surface area (Å²) >= 11 is 2.97. The van der Waals surface area contributed by atoms with Gasteiger partial charge in [0.2, 0.25) is 0 Å². The van der Waals surface area contributed by atoms with Crippen molar-refractivity contribution in [2.24, 2.45) is 0 Å². The van der Waals surface area contributed by atoms with Crippen LogP contribution in [0.2, 0.25) is 0 Å². The van der Waals surface area contributed by atoms with E-state index in [1.807, 2.05) is 16.8 Å². The maximum Gasteiger partial charge on any atom is 0.261 e. The Labute approximate surface area is 135 Å². The maximum absolute atomic E-state index is 12.9. The fourth-order valence-corrected chi connectivity index (χ4v) is 3.40. The molecule has 0 radical (unpaired) electrons. The number of hydrogen-bond donors (Lipinski definition) is 1. The number of thiazole rings is 1. The van der Waals surface area contributed by atoms with Crippen molar-refractivity contribution in [1.82, 2.24) is 10.3 Å². The molecule has 0 spiro atoms. The zero-order chi connectivity index (χ0) is 15.4. The predicted octanol–water partition coefficient (Wildman–Crippen LogP) is 3.98. The average molecular weight is 332 g/mol. The standard InChI is InChI=1S/C16H13FN2OS2/c17-12-5-3-11(4-6-12)13-10-22-15(19-13)7-8-18-16(20)14-2-1-9-21-14/h1-6,9-10H,7-8H2,(H,18,20). The van der Waals surface area contributed by atoms with Gasteiger partial charge < -0.3 is 5.32 Å². The van der Waals surface area contributed by atoms with Gasteiger partial charge in [-0.15, -0.1) is 22.7 Å². The van der Waals surface area contributed by atoms with Crippen molar-refractivity contribution in [1.29, 1.82) is 0 Å². The number of aromatic nitrogens is 1. The first kappa shape index (κ1) is 14.9. The number of nitrogens with zero attached hydrogens (tertiary/aromatic N) is 1. The number of benzene rings is 1. The van der Waals surface area contributed by atoms with Crippen LogP contribution in [0, 0.1) is 5.82 Å². The van der Waals surface area contributed by atoms with Gasteiger partial charge in [0.15, 0.2) is 0 Å². The number of carbonyl (C=O) groups excluding carboxylic acids is 1. The van der Waals surface area contributed by atoms with Gasteiger partial charge in [-0.05, 0) is 35.7 Å². The van der Waals surface area contributed by atoms with Crippen molar-refractivity contribution in [2.75, 3.05) is 6.54 Å². The molecule has 0 bridgehead atoms. The molecular formula is C16H13FN2OS2. The number of carbonyl (C=O) groups is 1. The summed E-state index contributed by atoms with van der Waals surface area (Å²) in [4.78, 5) is 17.0. The van der Waals surface area contributed by atoms with Gasteiger partial charge in [0.1, 0.15) is 5.82 Å². The molecule has 0 unspecified atom stereocenters. The van der Waals surface area contributed by atoms with E-state index in [4.69, 9.17) is 0 Å². The Bertz CT molecular complexity index is 751. The molecule has 6 heteroatoms. The summed E-state index contributed by atoms with van der Waals surface area (Å²) < 4.78 is 12.9. The molecule has 0 saturated carbocycles. The van der Waals surface area contributed by atoms with Crippen LogP contribution in [0.1, 0.15) is 14.7 Å². The van der Waals surface area contributed by atoms with Crippen LogP contribution in [0.25, 0.3) is 11.3 Å². The topological polar surface area (TPSA) is 42.0 Å². The summed E-state index contributed by atoms with van der Waals surface area (Å²) in [7, 11) is 0. The molecule has 0 atom stereocenters. The molecule has 0 fully saturated rings. The minimum Gasteiger partial charge on any atom is -0.351 e. The highest BCUT2D eigenvalue weighted by molar-refractivity contribution is 7.12. The zero-order valence-corrected chi connectivity index (χ0v) is 13.2. The lowest BCUT2D eigenvalue weighted by molar-refractivity contribution is 0.0958. The minimum absolute atomic E-state index is 0.0506. The average Bonchev–Trinajstić information content (AvgIpc) is 3.19. The lowest BCUT2D eigenvalue weighted by Gasteiger charge is -2.01. The quantitative estimate of drug-likeness (QED) is 0.768. The molecule has 1 N–H and O–H groups in total. The second-order valence-corrected chi connectivity index (χ2v) is 6.51. The maximum atomic E-state index is 12.9. The Morgan fingerprint density at radius 1 is 1.18 bits per heavy atom. The molecule has 3 aromatic rings. The number of nitrogens with one attached hydrogen (secondary N) is 1. The summed E-state index contributed by atoms with van der Waals surface area (Å²) in [5, 5.41) is 7.66. The zero-order valence-electron chi connectivity index (χ0n) is 11.6. The van der Waals surface area contributed by atoms with Gasteiger partial charge in [0.05, 0.1) is 15.6 Å². The van der Waals surface area contributed by atoms with E-state index in [1.54, 1.807) is 29.5 Å². The summed E-state index contributed by atoms with van der Waals surface area (Å²) in [6.07, 6.45) is 0.684. The third-order valence-electron chi connectivity index (χ3n) is 3.06. The van der Waals surface area contributed by atoms with Crippen LogP contribution in [-0.2, 0) is 6.42 Å². The van der Waals surface area contributed by atoms with E-state index in [9.17, 15) is 9.18 Å². The SMILES string of the molecule is O=C(NCCc1nc(-c2ccc(F)cc2)cs1)c1cccs1. The Balaban J connectivity index is 1.56. The largest absolute Gasteiger partial charge is 0.351 e. The highest BCUT2D eigenvalue weighted by Crippen LogP contribution is 2.22. The van der Waals surface area contributed by atoms with E-state index >= 15 is 0 Å². The monoisotopic (exact) mass is 332 g/mol. The molecule has 3 nitrogen and oxygen atoms in total. The van der Waals surface area contributed by atoms with E-state index < -0.39 is 0 Å². The summed E-state index contributed by atoms with van der Waals surface area (Å²) in [5.74, 6) is -0.305. The van der Waals surface area contributed by atoms with Gasteiger partial charge in [-0.2, -0.15) is 0 Å². The number of thiophene rings is 1. The van der Waals surface area contributed by atoms with Crippen LogP contribution in [0.5, 0.6) is 0 Å². The number of rotatable bonds is 5. The van der Waals surface area contributed by atoms with Crippen LogP contribution in [0.15, 0.2) is 47.2 Å². The molecule has 1 amide bonds. The second kappa shape index (κ2) is 6.81. The van der Waals surface area contributed by atoms with Gasteiger partial charge in [-0.25, -0.2) is 9.37 Å². The molecule has 0 aliphatic heterocycles. The van der Waals surface area contributed by atoms with E-state index in [1.165, 1.54) is 23.5 Å². The summed E-state index contributed by atoms with van der Waals surface area (Å²) in [6, 6.07) is 9.94. The summed E-state index contributed by atoms with van der Waals surface area (Å²) in [5.41, 5.74) is 1.73. The smallest absolute Gasteiger partial charge is 0.261 e. The molecule has 2 aromatic heterocycles. The van der Waals surface area contributed by atoms with Crippen molar-refractivity contribution in [3.63, 3.8) is 0 Å². The van der Waals surface area contributed by atoms with Crippen LogP contribution < -0.4 is 5.32 Å². The first-order valence-corrected chi connectivity index (χ1v) is 8.50. The van der Waals surface area contributed by atoms with Crippen molar-refractivity contribution in [3.05, 3.63) is 62.9 Å². The fraction of sp³-hybridized carbons (Fsp3) is 0.125. The first-order valence-electron chi connectivity index (χ1n) is 6.74. The van der Waals surface area contributed by atoms with Crippen LogP contribution in [-0.4, -0.2) is 17.4 Å². The highest BCUT2D eigenvalue weighted by Gasteiger charge is 2.07. The van der Waals surface area contributed by atoms with Crippen LogP contribution >= 0.6 is 22.7 Å². The van der Waals surface area contributed by atoms with Crippen molar-refractivity contribution in [3.8, 4) is 11.3 Å². The second-order valence-electron chi connectivity index (χ2n) is 4.62. The molecule has 0 saturated heterocycles. The normalized spacial score (nSPS) is 10.6.